The summed E-state index contributed by atoms with van der Waals surface area (Å²) in [4.78, 5) is 10.4. The SMILES string of the molecule is Cc1cccc2[n+]1C[Si-](C)(O)(CCl)O2. The number of aromatic nitrogens is 1. The standard InChI is InChI=1S/C9H14ClNO2Si/c1-8-4-3-5-9-11(8)7-14(2,12,6-10)13-9/h3-5,12H,6-7H2,1-2H3. The molecular formula is C9H14ClNO2Si. The summed E-state index contributed by atoms with van der Waals surface area (Å²) >= 11 is 5.81. The summed E-state index contributed by atoms with van der Waals surface area (Å²) in [5.74, 6) is 0.726. The zero-order chi connectivity index (χ0) is 10.4. The predicted octanol–water partition coefficient (Wildman–Crippen LogP) is 1.01. The number of hydrogen-bond donors (Lipinski definition) is 1. The van der Waals surface area contributed by atoms with Crippen molar-refractivity contribution in [3.05, 3.63) is 23.9 Å². The van der Waals surface area contributed by atoms with Crippen LogP contribution in [0.1, 0.15) is 5.69 Å². The molecular weight excluding hydrogens is 218 g/mol. The van der Waals surface area contributed by atoms with Gasteiger partial charge < -0.3 is 0 Å². The zero-order valence-corrected chi connectivity index (χ0v) is 10.1. The number of aryl methyl sites for hydroxylation is 1. The van der Waals surface area contributed by atoms with E-state index in [1.54, 1.807) is 6.55 Å². The summed E-state index contributed by atoms with van der Waals surface area (Å²) in [7, 11) is -3.39. The van der Waals surface area contributed by atoms with Gasteiger partial charge in [-0.1, -0.05) is 0 Å². The molecule has 1 N–H and O–H groups in total. The maximum absolute atomic E-state index is 10.4. The summed E-state index contributed by atoms with van der Waals surface area (Å²) < 4.78 is 7.63. The molecule has 2 heterocycles. The molecule has 0 amide bonds. The van der Waals surface area contributed by atoms with Crippen LogP contribution >= 0.6 is 11.6 Å². The fourth-order valence-electron chi connectivity index (χ4n) is 1.72. The van der Waals surface area contributed by atoms with Crippen LogP contribution in [0.2, 0.25) is 6.55 Å². The van der Waals surface area contributed by atoms with E-state index < -0.39 is 7.84 Å². The predicted molar refractivity (Wildman–Crippen MR) is 56.6 cm³/mol. The van der Waals surface area contributed by atoms with E-state index in [0.29, 0.717) is 6.17 Å². The molecule has 1 aromatic heterocycles. The first kappa shape index (κ1) is 9.95. The number of rotatable bonds is 1. The molecule has 0 aliphatic carbocycles. The fourth-order valence-corrected chi connectivity index (χ4v) is 4.33. The second-order valence-corrected chi connectivity index (χ2v) is 10.2. The van der Waals surface area contributed by atoms with Crippen molar-refractivity contribution in [2.24, 2.45) is 0 Å². The number of fused-ring (bicyclic) bond motifs is 1. The Morgan fingerprint density at radius 1 is 1.64 bits per heavy atom. The van der Waals surface area contributed by atoms with Crippen molar-refractivity contribution >= 4 is 19.4 Å². The van der Waals surface area contributed by atoms with E-state index in [2.05, 4.69) is 0 Å². The molecule has 2 rings (SSSR count). The molecule has 1 aliphatic rings. The van der Waals surface area contributed by atoms with Gasteiger partial charge in [0.2, 0.25) is 0 Å². The molecule has 0 atom stereocenters. The van der Waals surface area contributed by atoms with Gasteiger partial charge in [0.25, 0.3) is 0 Å². The van der Waals surface area contributed by atoms with Gasteiger partial charge in [0.05, 0.1) is 0 Å². The first-order valence-electron chi connectivity index (χ1n) is 4.61. The minimum absolute atomic E-state index is 0.196. The van der Waals surface area contributed by atoms with E-state index in [9.17, 15) is 4.80 Å². The van der Waals surface area contributed by atoms with Gasteiger partial charge in [-0.25, -0.2) is 0 Å². The third-order valence-corrected chi connectivity index (χ3v) is 7.23. The van der Waals surface area contributed by atoms with Crippen LogP contribution < -0.4 is 8.99 Å². The number of pyridine rings is 1. The third-order valence-electron chi connectivity index (χ3n) is 2.57. The van der Waals surface area contributed by atoms with Crippen LogP contribution in [-0.2, 0) is 6.17 Å². The molecule has 14 heavy (non-hydrogen) atoms. The summed E-state index contributed by atoms with van der Waals surface area (Å²) in [6, 6.07) is 5.77. The Hall–Kier alpha value is -0.583. The molecule has 3 nitrogen and oxygen atoms in total. The molecule has 0 saturated carbocycles. The Balaban J connectivity index is 2.49. The molecule has 5 heteroatoms. The van der Waals surface area contributed by atoms with Crippen LogP contribution in [-0.4, -0.2) is 18.1 Å². The van der Waals surface area contributed by atoms with Crippen LogP contribution in [0.5, 0.6) is 5.88 Å². The van der Waals surface area contributed by atoms with E-state index in [1.165, 1.54) is 0 Å². The first-order valence-corrected chi connectivity index (χ1v) is 8.42. The third kappa shape index (κ3) is 1.43. The Morgan fingerprint density at radius 3 is 2.93 bits per heavy atom. The van der Waals surface area contributed by atoms with Gasteiger partial charge in [-0.05, 0) is 0 Å². The van der Waals surface area contributed by atoms with Crippen LogP contribution in [0.3, 0.4) is 0 Å². The quantitative estimate of drug-likeness (QED) is 0.445. The van der Waals surface area contributed by atoms with Crippen LogP contribution in [0, 0.1) is 6.92 Å². The van der Waals surface area contributed by atoms with E-state index in [-0.39, 0.29) is 5.50 Å². The van der Waals surface area contributed by atoms with Gasteiger partial charge in [0.1, 0.15) is 0 Å². The fraction of sp³-hybridized carbons (Fsp3) is 0.444. The number of nitrogens with zero attached hydrogens (tertiary/aromatic N) is 1. The Labute approximate surface area is 88.6 Å². The molecule has 0 radical (unpaired) electrons. The van der Waals surface area contributed by atoms with Gasteiger partial charge in [-0.3, -0.25) is 0 Å². The molecule has 78 valence electrons. The number of hydrogen-bond acceptors (Lipinski definition) is 2. The molecule has 0 spiro atoms. The summed E-state index contributed by atoms with van der Waals surface area (Å²) in [5, 5.41) is 0. The van der Waals surface area contributed by atoms with Crippen LogP contribution in [0.25, 0.3) is 0 Å². The number of halogens is 1. The van der Waals surface area contributed by atoms with Gasteiger partial charge in [-0.2, -0.15) is 0 Å². The molecule has 0 fully saturated rings. The Kier molecular flexibility index (Phi) is 1.93. The summed E-state index contributed by atoms with van der Waals surface area (Å²) in [6.45, 7) is 3.76. The second-order valence-electron chi connectivity index (χ2n) is 4.41. The Bertz CT molecular complexity index is 394. The van der Waals surface area contributed by atoms with Crippen molar-refractivity contribution in [2.45, 2.75) is 19.6 Å². The molecule has 1 aromatic rings. The van der Waals surface area contributed by atoms with Crippen molar-refractivity contribution in [2.75, 3.05) is 5.50 Å². The molecule has 0 bridgehead atoms. The average Bonchev–Trinajstić information content (AvgIpc) is 2.40. The summed E-state index contributed by atoms with van der Waals surface area (Å²) in [5.41, 5.74) is 1.28. The molecule has 0 saturated heterocycles. The maximum atomic E-state index is 10.4. The second kappa shape index (κ2) is 2.71. The zero-order valence-electron chi connectivity index (χ0n) is 8.33. The van der Waals surface area contributed by atoms with Crippen molar-refractivity contribution in [3.8, 4) is 5.88 Å². The Morgan fingerprint density at radius 2 is 2.36 bits per heavy atom. The van der Waals surface area contributed by atoms with E-state index in [1.807, 2.05) is 29.7 Å². The van der Waals surface area contributed by atoms with Crippen molar-refractivity contribution in [1.29, 1.82) is 0 Å². The molecule has 0 unspecified atom stereocenters. The molecule has 1 aliphatic heterocycles. The normalized spacial score (nSPS) is 24.4. The van der Waals surface area contributed by atoms with E-state index in [4.69, 9.17) is 16.0 Å². The topological polar surface area (TPSA) is 33.3 Å². The summed E-state index contributed by atoms with van der Waals surface area (Å²) in [6.07, 6.45) is 0.519. The van der Waals surface area contributed by atoms with Crippen molar-refractivity contribution in [3.63, 3.8) is 0 Å². The first-order chi connectivity index (χ1) is 6.43. The van der Waals surface area contributed by atoms with Gasteiger partial charge in [0.15, 0.2) is 0 Å². The monoisotopic (exact) mass is 231 g/mol. The minimum atomic E-state index is -3.39. The average molecular weight is 232 g/mol. The van der Waals surface area contributed by atoms with E-state index >= 15 is 0 Å². The number of alkyl halides is 1. The van der Waals surface area contributed by atoms with Gasteiger partial charge in [0, 0.05) is 0 Å². The van der Waals surface area contributed by atoms with Crippen molar-refractivity contribution in [1.82, 2.24) is 0 Å². The van der Waals surface area contributed by atoms with Crippen LogP contribution in [0.15, 0.2) is 18.2 Å². The molecule has 0 aromatic carbocycles. The van der Waals surface area contributed by atoms with Gasteiger partial charge >= 0.3 is 88.1 Å². The van der Waals surface area contributed by atoms with Gasteiger partial charge in [-0.15, -0.1) is 0 Å². The van der Waals surface area contributed by atoms with Crippen molar-refractivity contribution < 1.29 is 13.8 Å². The van der Waals surface area contributed by atoms with E-state index in [0.717, 1.165) is 11.6 Å². The van der Waals surface area contributed by atoms with Crippen LogP contribution in [0.4, 0.5) is 0 Å².